The lowest BCUT2D eigenvalue weighted by molar-refractivity contribution is -0.144. The maximum Gasteiger partial charge on any atom is 0.306 e. The quantitative estimate of drug-likeness (QED) is 0.279. The van der Waals surface area contributed by atoms with E-state index in [1.54, 1.807) is 6.07 Å². The number of benzene rings is 1. The Labute approximate surface area is 184 Å². The van der Waals surface area contributed by atoms with Crippen molar-refractivity contribution in [3.05, 3.63) is 28.2 Å². The van der Waals surface area contributed by atoms with Crippen LogP contribution in [-0.2, 0) is 19.1 Å². The Morgan fingerprint density at radius 1 is 1.14 bits per heavy atom. The van der Waals surface area contributed by atoms with E-state index in [1.165, 1.54) is 0 Å². The smallest absolute Gasteiger partial charge is 0.306 e. The van der Waals surface area contributed by atoms with Crippen molar-refractivity contribution in [3.63, 3.8) is 0 Å². The molecule has 0 aliphatic carbocycles. The number of carbonyl (C=O) groups excluding carboxylic acids is 3. The van der Waals surface area contributed by atoms with E-state index >= 15 is 0 Å². The van der Waals surface area contributed by atoms with E-state index in [9.17, 15) is 14.4 Å². The summed E-state index contributed by atoms with van der Waals surface area (Å²) in [6.45, 7) is 6.13. The SMILES string of the molecule is CCCOC(=O)CCC(=O)NC(=S)NNC(=O)COc1ccc(C(C)C)cc1Br. The first kappa shape index (κ1) is 24.8. The summed E-state index contributed by atoms with van der Waals surface area (Å²) in [7, 11) is 0. The lowest BCUT2D eigenvalue weighted by atomic mass is 10.0. The van der Waals surface area contributed by atoms with Crippen LogP contribution in [0.3, 0.4) is 0 Å². The number of thiocarbonyl (C=S) groups is 1. The van der Waals surface area contributed by atoms with Crippen LogP contribution in [0.2, 0.25) is 0 Å². The van der Waals surface area contributed by atoms with Crippen LogP contribution < -0.4 is 20.9 Å². The van der Waals surface area contributed by atoms with Gasteiger partial charge in [0.15, 0.2) is 11.7 Å². The molecular weight excluding hydrogens is 462 g/mol. The number of amides is 2. The molecule has 160 valence electrons. The minimum absolute atomic E-state index is 0.0425. The Morgan fingerprint density at radius 2 is 1.86 bits per heavy atom. The number of carbonyl (C=O) groups is 3. The fourth-order valence-corrected chi connectivity index (χ4v) is 2.70. The van der Waals surface area contributed by atoms with Crippen molar-refractivity contribution in [1.29, 1.82) is 0 Å². The van der Waals surface area contributed by atoms with Gasteiger partial charge in [-0.15, -0.1) is 0 Å². The standard InChI is InChI=1S/C19H26BrN3O5S/c1-4-9-27-18(26)8-7-16(24)21-19(29)23-22-17(25)11-28-15-6-5-13(12(2)3)10-14(15)20/h5-6,10,12H,4,7-9,11H2,1-3H3,(H,22,25)(H2,21,23,24,29). The first-order chi connectivity index (χ1) is 13.7. The molecule has 0 heterocycles. The van der Waals surface area contributed by atoms with Gasteiger partial charge in [-0.3, -0.25) is 25.2 Å². The van der Waals surface area contributed by atoms with Gasteiger partial charge < -0.3 is 14.8 Å². The van der Waals surface area contributed by atoms with E-state index in [1.807, 2.05) is 19.1 Å². The molecule has 0 spiro atoms. The zero-order chi connectivity index (χ0) is 21.8. The van der Waals surface area contributed by atoms with Gasteiger partial charge in [-0.05, 0) is 58.2 Å². The van der Waals surface area contributed by atoms with E-state index < -0.39 is 17.8 Å². The fourth-order valence-electron chi connectivity index (χ4n) is 2.02. The number of ether oxygens (including phenoxy) is 2. The van der Waals surface area contributed by atoms with E-state index in [-0.39, 0.29) is 24.6 Å². The topological polar surface area (TPSA) is 106 Å². The van der Waals surface area contributed by atoms with Gasteiger partial charge in [0.05, 0.1) is 17.5 Å². The van der Waals surface area contributed by atoms with E-state index in [2.05, 4.69) is 45.9 Å². The van der Waals surface area contributed by atoms with Crippen molar-refractivity contribution in [2.45, 2.75) is 46.0 Å². The molecule has 0 aliphatic heterocycles. The summed E-state index contributed by atoms with van der Waals surface area (Å²) in [6.07, 6.45) is 0.608. The van der Waals surface area contributed by atoms with Gasteiger partial charge in [0.25, 0.3) is 5.91 Å². The Bertz CT molecular complexity index is 743. The number of esters is 1. The summed E-state index contributed by atoms with van der Waals surface area (Å²) >= 11 is 8.33. The Hall–Kier alpha value is -2.20. The van der Waals surface area contributed by atoms with Crippen molar-refractivity contribution >= 4 is 51.0 Å². The second kappa shape index (κ2) is 13.1. The third kappa shape index (κ3) is 10.2. The fraction of sp³-hybridized carbons (Fsp3) is 0.474. The van der Waals surface area contributed by atoms with Crippen LogP contribution in [0.5, 0.6) is 5.75 Å². The molecule has 2 amide bonds. The van der Waals surface area contributed by atoms with Gasteiger partial charge in [-0.2, -0.15) is 0 Å². The predicted octanol–water partition coefficient (Wildman–Crippen LogP) is 2.71. The Morgan fingerprint density at radius 3 is 2.48 bits per heavy atom. The number of nitrogens with one attached hydrogen (secondary N) is 3. The predicted molar refractivity (Wildman–Crippen MR) is 116 cm³/mol. The summed E-state index contributed by atoms with van der Waals surface area (Å²) in [6, 6.07) is 5.67. The van der Waals surface area contributed by atoms with Crippen molar-refractivity contribution in [1.82, 2.24) is 16.2 Å². The van der Waals surface area contributed by atoms with Crippen LogP contribution in [-0.4, -0.2) is 36.1 Å². The lowest BCUT2D eigenvalue weighted by Gasteiger charge is -2.13. The molecule has 0 bridgehead atoms. The van der Waals surface area contributed by atoms with Gasteiger partial charge in [0.1, 0.15) is 5.75 Å². The number of rotatable bonds is 9. The van der Waals surface area contributed by atoms with Crippen LogP contribution in [0, 0.1) is 0 Å². The number of hydrogen-bond donors (Lipinski definition) is 3. The van der Waals surface area contributed by atoms with Crippen molar-refractivity contribution in [3.8, 4) is 5.75 Å². The zero-order valence-electron chi connectivity index (χ0n) is 16.7. The molecule has 1 aromatic rings. The molecule has 8 nitrogen and oxygen atoms in total. The first-order valence-corrected chi connectivity index (χ1v) is 10.4. The van der Waals surface area contributed by atoms with Gasteiger partial charge in [0, 0.05) is 6.42 Å². The van der Waals surface area contributed by atoms with Gasteiger partial charge in [0.2, 0.25) is 5.91 Å². The maximum atomic E-state index is 11.9. The number of hydrogen-bond acceptors (Lipinski definition) is 6. The highest BCUT2D eigenvalue weighted by Gasteiger charge is 2.11. The summed E-state index contributed by atoms with van der Waals surface area (Å²) in [5.74, 6) is -0.472. The Balaban J connectivity index is 2.29. The highest BCUT2D eigenvalue weighted by atomic mass is 79.9. The largest absolute Gasteiger partial charge is 0.483 e. The molecule has 0 saturated carbocycles. The average molecular weight is 488 g/mol. The molecule has 0 atom stereocenters. The van der Waals surface area contributed by atoms with E-state index in [0.29, 0.717) is 18.3 Å². The molecule has 0 aliphatic rings. The van der Waals surface area contributed by atoms with Crippen molar-refractivity contribution in [2.75, 3.05) is 13.2 Å². The molecule has 3 N–H and O–H groups in total. The molecule has 1 rings (SSSR count). The zero-order valence-corrected chi connectivity index (χ0v) is 19.1. The molecule has 0 saturated heterocycles. The first-order valence-electron chi connectivity index (χ1n) is 9.19. The molecule has 0 radical (unpaired) electrons. The molecule has 0 unspecified atom stereocenters. The molecule has 29 heavy (non-hydrogen) atoms. The monoisotopic (exact) mass is 487 g/mol. The molecule has 0 fully saturated rings. The van der Waals surface area contributed by atoms with Crippen LogP contribution >= 0.6 is 28.1 Å². The van der Waals surface area contributed by atoms with Crippen LogP contribution in [0.25, 0.3) is 0 Å². The second-order valence-corrected chi connectivity index (χ2v) is 7.67. The van der Waals surface area contributed by atoms with E-state index in [0.717, 1.165) is 16.5 Å². The minimum atomic E-state index is -0.482. The highest BCUT2D eigenvalue weighted by Crippen LogP contribution is 2.28. The van der Waals surface area contributed by atoms with Gasteiger partial charge >= 0.3 is 5.97 Å². The third-order valence-electron chi connectivity index (χ3n) is 3.57. The van der Waals surface area contributed by atoms with Crippen LogP contribution in [0.15, 0.2) is 22.7 Å². The van der Waals surface area contributed by atoms with Crippen LogP contribution in [0.1, 0.15) is 51.5 Å². The summed E-state index contributed by atoms with van der Waals surface area (Å²) in [4.78, 5) is 34.9. The average Bonchev–Trinajstić information content (AvgIpc) is 2.68. The molecular formula is C19H26BrN3O5S. The summed E-state index contributed by atoms with van der Waals surface area (Å²) in [5, 5.41) is 2.27. The van der Waals surface area contributed by atoms with E-state index in [4.69, 9.17) is 21.7 Å². The maximum absolute atomic E-state index is 11.9. The number of hydrazine groups is 1. The van der Waals surface area contributed by atoms with Crippen molar-refractivity contribution in [2.24, 2.45) is 0 Å². The van der Waals surface area contributed by atoms with Crippen LogP contribution in [0.4, 0.5) is 0 Å². The minimum Gasteiger partial charge on any atom is -0.483 e. The van der Waals surface area contributed by atoms with Crippen molar-refractivity contribution < 1.29 is 23.9 Å². The highest BCUT2D eigenvalue weighted by molar-refractivity contribution is 9.10. The van der Waals surface area contributed by atoms with Gasteiger partial charge in [-0.25, -0.2) is 0 Å². The lowest BCUT2D eigenvalue weighted by Crippen LogP contribution is -2.49. The summed E-state index contributed by atoms with van der Waals surface area (Å²) < 4.78 is 11.1. The molecule has 0 aromatic heterocycles. The molecule has 10 heteroatoms. The molecule has 1 aromatic carbocycles. The second-order valence-electron chi connectivity index (χ2n) is 6.40. The number of halogens is 1. The third-order valence-corrected chi connectivity index (χ3v) is 4.40. The van der Waals surface area contributed by atoms with Gasteiger partial charge in [-0.1, -0.05) is 26.8 Å². The Kier molecular flexibility index (Phi) is 11.2. The summed E-state index contributed by atoms with van der Waals surface area (Å²) in [5.41, 5.74) is 5.87. The normalized spacial score (nSPS) is 10.2.